The zero-order valence-corrected chi connectivity index (χ0v) is 10.5. The Balaban J connectivity index is 1.78. The highest BCUT2D eigenvalue weighted by atomic mass is 15.4. The van der Waals surface area contributed by atoms with Gasteiger partial charge in [0.1, 0.15) is 0 Å². The van der Waals surface area contributed by atoms with Gasteiger partial charge in [-0.25, -0.2) is 4.68 Å². The average molecular weight is 234 g/mol. The molecule has 1 aromatic rings. The molecule has 2 aliphatic carbocycles. The summed E-state index contributed by atoms with van der Waals surface area (Å²) in [6, 6.07) is 0.150. The van der Waals surface area contributed by atoms with E-state index in [1.807, 2.05) is 10.9 Å². The van der Waals surface area contributed by atoms with Crippen LogP contribution in [0.2, 0.25) is 0 Å². The molecule has 2 saturated carbocycles. The Morgan fingerprint density at radius 3 is 2.53 bits per heavy atom. The van der Waals surface area contributed by atoms with E-state index < -0.39 is 0 Å². The zero-order valence-electron chi connectivity index (χ0n) is 10.5. The normalized spacial score (nSPS) is 22.1. The molecule has 0 aliphatic heterocycles. The van der Waals surface area contributed by atoms with E-state index in [0.717, 1.165) is 30.5 Å². The van der Waals surface area contributed by atoms with Crippen molar-refractivity contribution in [1.82, 2.24) is 15.0 Å². The Labute approximate surface area is 103 Å². The molecule has 2 aliphatic rings. The van der Waals surface area contributed by atoms with Crippen molar-refractivity contribution in [2.75, 3.05) is 0 Å². The van der Waals surface area contributed by atoms with Gasteiger partial charge in [0.05, 0.1) is 17.9 Å². The van der Waals surface area contributed by atoms with E-state index in [4.69, 9.17) is 5.73 Å². The third-order valence-corrected chi connectivity index (χ3v) is 4.17. The molecule has 1 atom stereocenters. The number of hydrogen-bond acceptors (Lipinski definition) is 3. The lowest BCUT2D eigenvalue weighted by molar-refractivity contribution is 0.319. The first-order valence-corrected chi connectivity index (χ1v) is 6.95. The molecular weight excluding hydrogens is 212 g/mol. The highest BCUT2D eigenvalue weighted by Gasteiger charge is 2.45. The van der Waals surface area contributed by atoms with Crippen LogP contribution in [0.1, 0.15) is 50.8 Å². The number of rotatable bonds is 6. The van der Waals surface area contributed by atoms with Crippen molar-refractivity contribution in [3.63, 3.8) is 0 Å². The molecule has 1 unspecified atom stereocenters. The summed E-state index contributed by atoms with van der Waals surface area (Å²) >= 11 is 0. The van der Waals surface area contributed by atoms with Crippen molar-refractivity contribution < 1.29 is 0 Å². The van der Waals surface area contributed by atoms with Crippen molar-refractivity contribution in [3.8, 4) is 0 Å². The maximum Gasteiger partial charge on any atom is 0.0757 e. The Bertz CT molecular complexity index is 367. The molecule has 0 bridgehead atoms. The van der Waals surface area contributed by atoms with Gasteiger partial charge in [-0.3, -0.25) is 0 Å². The molecule has 4 heteroatoms. The molecule has 0 spiro atoms. The Kier molecular flexibility index (Phi) is 2.90. The van der Waals surface area contributed by atoms with Crippen LogP contribution in [0.15, 0.2) is 6.20 Å². The first-order valence-electron chi connectivity index (χ1n) is 6.95. The van der Waals surface area contributed by atoms with E-state index in [-0.39, 0.29) is 6.04 Å². The van der Waals surface area contributed by atoms with E-state index in [0.29, 0.717) is 5.92 Å². The van der Waals surface area contributed by atoms with Gasteiger partial charge in [0.25, 0.3) is 0 Å². The predicted molar refractivity (Wildman–Crippen MR) is 66.2 cm³/mol. The van der Waals surface area contributed by atoms with Crippen LogP contribution in [0.25, 0.3) is 0 Å². The molecule has 0 amide bonds. The average Bonchev–Trinajstić information content (AvgIpc) is 3.23. The molecule has 0 aromatic carbocycles. The van der Waals surface area contributed by atoms with Crippen LogP contribution >= 0.6 is 0 Å². The second-order valence-electron chi connectivity index (χ2n) is 5.66. The van der Waals surface area contributed by atoms with E-state index in [1.54, 1.807) is 0 Å². The summed E-state index contributed by atoms with van der Waals surface area (Å²) in [4.78, 5) is 0. The summed E-state index contributed by atoms with van der Waals surface area (Å²) < 4.78 is 2.00. The summed E-state index contributed by atoms with van der Waals surface area (Å²) in [6.45, 7) is 3.10. The Morgan fingerprint density at radius 1 is 1.35 bits per heavy atom. The maximum atomic E-state index is 6.50. The summed E-state index contributed by atoms with van der Waals surface area (Å²) in [6.07, 6.45) is 8.47. The second-order valence-corrected chi connectivity index (χ2v) is 5.66. The molecule has 2 fully saturated rings. The van der Waals surface area contributed by atoms with Gasteiger partial charge in [-0.2, -0.15) is 0 Å². The van der Waals surface area contributed by atoms with Crippen LogP contribution in [-0.4, -0.2) is 15.0 Å². The van der Waals surface area contributed by atoms with Crippen molar-refractivity contribution >= 4 is 0 Å². The Hall–Kier alpha value is -0.900. The van der Waals surface area contributed by atoms with Crippen LogP contribution in [0.4, 0.5) is 0 Å². The van der Waals surface area contributed by atoms with Crippen LogP contribution in [0, 0.1) is 17.8 Å². The van der Waals surface area contributed by atoms with Gasteiger partial charge in [0, 0.05) is 6.54 Å². The van der Waals surface area contributed by atoms with E-state index >= 15 is 0 Å². The van der Waals surface area contributed by atoms with Gasteiger partial charge in [-0.05, 0) is 49.9 Å². The topological polar surface area (TPSA) is 56.7 Å². The third-order valence-electron chi connectivity index (χ3n) is 4.17. The zero-order chi connectivity index (χ0) is 11.8. The van der Waals surface area contributed by atoms with Crippen LogP contribution in [0.3, 0.4) is 0 Å². The molecule has 1 aromatic heterocycles. The summed E-state index contributed by atoms with van der Waals surface area (Å²) in [5, 5.41) is 8.19. The number of aromatic nitrogens is 3. The number of nitrogens with zero attached hydrogens (tertiary/aromatic N) is 3. The quantitative estimate of drug-likeness (QED) is 0.820. The van der Waals surface area contributed by atoms with Crippen molar-refractivity contribution in [2.24, 2.45) is 23.5 Å². The molecule has 1 heterocycles. The lowest BCUT2D eigenvalue weighted by Gasteiger charge is -2.23. The van der Waals surface area contributed by atoms with Gasteiger partial charge >= 0.3 is 0 Å². The number of nitrogens with two attached hydrogens (primary N) is 1. The molecule has 0 radical (unpaired) electrons. The number of hydrogen-bond donors (Lipinski definition) is 1. The standard InChI is InChI=1S/C13H22N4/c1-2-7-17-11(8-15-16-17)13(14)12(9-3-4-9)10-5-6-10/h8-10,12-13H,2-7,14H2,1H3. The van der Waals surface area contributed by atoms with Gasteiger partial charge in [0.2, 0.25) is 0 Å². The minimum atomic E-state index is 0.150. The molecular formula is C13H22N4. The summed E-state index contributed by atoms with van der Waals surface area (Å²) in [7, 11) is 0. The van der Waals surface area contributed by atoms with Gasteiger partial charge in [0.15, 0.2) is 0 Å². The van der Waals surface area contributed by atoms with Crippen LogP contribution < -0.4 is 5.73 Å². The molecule has 3 rings (SSSR count). The molecule has 17 heavy (non-hydrogen) atoms. The monoisotopic (exact) mass is 234 g/mol. The maximum absolute atomic E-state index is 6.50. The van der Waals surface area contributed by atoms with Crippen LogP contribution in [-0.2, 0) is 6.54 Å². The minimum Gasteiger partial charge on any atom is -0.322 e. The fourth-order valence-electron chi connectivity index (χ4n) is 3.04. The first-order chi connectivity index (χ1) is 8.31. The largest absolute Gasteiger partial charge is 0.322 e. The van der Waals surface area contributed by atoms with Gasteiger partial charge < -0.3 is 5.73 Å². The van der Waals surface area contributed by atoms with Crippen molar-refractivity contribution in [3.05, 3.63) is 11.9 Å². The highest BCUT2D eigenvalue weighted by molar-refractivity contribution is 5.08. The SMILES string of the molecule is CCCn1nncc1C(N)C(C1CC1)C1CC1. The lowest BCUT2D eigenvalue weighted by atomic mass is 9.88. The van der Waals surface area contributed by atoms with Gasteiger partial charge in [-0.1, -0.05) is 12.1 Å². The van der Waals surface area contributed by atoms with Gasteiger partial charge in [-0.15, -0.1) is 5.10 Å². The fourth-order valence-corrected chi connectivity index (χ4v) is 3.04. The Morgan fingerprint density at radius 2 is 2.00 bits per heavy atom. The molecule has 0 saturated heterocycles. The summed E-state index contributed by atoms with van der Waals surface area (Å²) in [5.74, 6) is 2.44. The first kappa shape index (κ1) is 11.2. The minimum absolute atomic E-state index is 0.150. The highest BCUT2D eigenvalue weighted by Crippen LogP contribution is 2.53. The predicted octanol–water partition coefficient (Wildman–Crippen LogP) is 2.12. The van der Waals surface area contributed by atoms with E-state index in [9.17, 15) is 0 Å². The molecule has 94 valence electrons. The van der Waals surface area contributed by atoms with E-state index in [2.05, 4.69) is 17.2 Å². The lowest BCUT2D eigenvalue weighted by Crippen LogP contribution is -2.27. The smallest absolute Gasteiger partial charge is 0.0757 e. The van der Waals surface area contributed by atoms with Crippen molar-refractivity contribution in [2.45, 2.75) is 51.6 Å². The summed E-state index contributed by atoms with van der Waals surface area (Å²) in [5.41, 5.74) is 7.64. The molecule has 2 N–H and O–H groups in total. The third kappa shape index (κ3) is 2.23. The van der Waals surface area contributed by atoms with Crippen LogP contribution in [0.5, 0.6) is 0 Å². The fraction of sp³-hybridized carbons (Fsp3) is 0.846. The molecule has 4 nitrogen and oxygen atoms in total. The second kappa shape index (κ2) is 4.41. The van der Waals surface area contributed by atoms with E-state index in [1.165, 1.54) is 25.7 Å². The van der Waals surface area contributed by atoms with Crippen molar-refractivity contribution in [1.29, 1.82) is 0 Å². The number of aryl methyl sites for hydroxylation is 1.